The SMILES string of the molecule is CCC1OC(C)(C)OC(CC)C1(C(=O)O)C(=O)O.CCOC(=O)C1(C(=O)OCC)COC(C)(C)OC1. The molecule has 36 heavy (non-hydrogen) atoms. The monoisotopic (exact) mass is 520 g/mol. The second-order valence-electron chi connectivity index (χ2n) is 9.41. The van der Waals surface area contributed by atoms with Gasteiger partial charge in [0.15, 0.2) is 11.6 Å². The van der Waals surface area contributed by atoms with Crippen molar-refractivity contribution in [1.82, 2.24) is 0 Å². The van der Waals surface area contributed by atoms with E-state index in [1.165, 1.54) is 0 Å². The van der Waals surface area contributed by atoms with Gasteiger partial charge in [0.1, 0.15) is 0 Å². The standard InChI is InChI=1S/2C12H20O6/c1-5-15-9(13)12(10(14)16-6-2)7-17-11(3,4)18-8-12;1-5-7-12(9(13)14,10(15)16)8(6-2)18-11(3,4)17-7/h5-8H2,1-4H3;7-8H,5-6H2,1-4H3,(H,13,14)(H,15,16). The van der Waals surface area contributed by atoms with Crippen molar-refractivity contribution < 1.29 is 57.8 Å². The van der Waals surface area contributed by atoms with Gasteiger partial charge in [-0.3, -0.25) is 19.2 Å². The zero-order valence-electron chi connectivity index (χ0n) is 22.4. The van der Waals surface area contributed by atoms with Crippen LogP contribution in [0.3, 0.4) is 0 Å². The fourth-order valence-electron chi connectivity index (χ4n) is 4.09. The van der Waals surface area contributed by atoms with Gasteiger partial charge in [-0.05, 0) is 54.4 Å². The van der Waals surface area contributed by atoms with Gasteiger partial charge in [-0.1, -0.05) is 13.8 Å². The maximum Gasteiger partial charge on any atom is 0.328 e. The normalized spacial score (nSPS) is 25.4. The molecule has 0 aromatic carbocycles. The minimum absolute atomic E-state index is 0.0995. The summed E-state index contributed by atoms with van der Waals surface area (Å²) >= 11 is 0. The van der Waals surface area contributed by atoms with E-state index in [0.717, 1.165) is 0 Å². The summed E-state index contributed by atoms with van der Waals surface area (Å²) < 4.78 is 31.6. The summed E-state index contributed by atoms with van der Waals surface area (Å²) in [5.41, 5.74) is -3.55. The molecule has 0 aromatic heterocycles. The number of carbonyl (C=O) groups excluding carboxylic acids is 2. The van der Waals surface area contributed by atoms with Crippen molar-refractivity contribution in [3.05, 3.63) is 0 Å². The molecule has 2 atom stereocenters. The third kappa shape index (κ3) is 6.53. The topological polar surface area (TPSA) is 164 Å². The first-order valence-corrected chi connectivity index (χ1v) is 12.0. The Kier molecular flexibility index (Phi) is 10.9. The molecule has 0 spiro atoms. The number of carboxylic acid groups (broad SMARTS) is 2. The predicted octanol–water partition coefficient (Wildman–Crippen LogP) is 2.36. The molecule has 0 aliphatic carbocycles. The van der Waals surface area contributed by atoms with Crippen LogP contribution in [-0.2, 0) is 47.6 Å². The van der Waals surface area contributed by atoms with Gasteiger partial charge in [0.05, 0.1) is 38.6 Å². The van der Waals surface area contributed by atoms with Crippen molar-refractivity contribution in [2.75, 3.05) is 26.4 Å². The number of carboxylic acids is 2. The van der Waals surface area contributed by atoms with Crippen LogP contribution in [0.5, 0.6) is 0 Å². The third-order valence-corrected chi connectivity index (χ3v) is 5.98. The van der Waals surface area contributed by atoms with E-state index in [4.69, 9.17) is 28.4 Å². The molecule has 2 rings (SSSR count). The van der Waals surface area contributed by atoms with Crippen LogP contribution in [0.1, 0.15) is 68.2 Å². The van der Waals surface area contributed by atoms with Crippen LogP contribution in [0, 0.1) is 10.8 Å². The number of esters is 2. The van der Waals surface area contributed by atoms with Crippen LogP contribution in [-0.4, -0.2) is 84.3 Å². The summed E-state index contributed by atoms with van der Waals surface area (Å²) in [6.45, 7) is 13.7. The summed E-state index contributed by atoms with van der Waals surface area (Å²) in [4.78, 5) is 47.0. The Bertz CT molecular complexity index is 741. The van der Waals surface area contributed by atoms with Crippen molar-refractivity contribution in [3.8, 4) is 0 Å². The third-order valence-electron chi connectivity index (χ3n) is 5.98. The largest absolute Gasteiger partial charge is 0.480 e. The van der Waals surface area contributed by atoms with Gasteiger partial charge >= 0.3 is 23.9 Å². The molecule has 12 nitrogen and oxygen atoms in total. The highest BCUT2D eigenvalue weighted by Crippen LogP contribution is 2.43. The lowest BCUT2D eigenvalue weighted by atomic mass is 9.73. The average Bonchev–Trinajstić information content (AvgIpc) is 2.78. The van der Waals surface area contributed by atoms with Gasteiger partial charge in [-0.15, -0.1) is 0 Å². The maximum absolute atomic E-state index is 12.0. The van der Waals surface area contributed by atoms with E-state index in [9.17, 15) is 29.4 Å². The number of hydrogen-bond acceptors (Lipinski definition) is 10. The molecule has 2 fully saturated rings. The van der Waals surface area contributed by atoms with Crippen LogP contribution >= 0.6 is 0 Å². The molecular weight excluding hydrogens is 480 g/mol. The number of hydrogen-bond donors (Lipinski definition) is 2. The quantitative estimate of drug-likeness (QED) is 0.355. The molecule has 12 heteroatoms. The van der Waals surface area contributed by atoms with Crippen LogP contribution in [0.15, 0.2) is 0 Å². The Hall–Kier alpha value is -2.28. The second-order valence-corrected chi connectivity index (χ2v) is 9.41. The van der Waals surface area contributed by atoms with E-state index in [0.29, 0.717) is 12.8 Å². The molecule has 2 aliphatic heterocycles. The maximum atomic E-state index is 12.0. The molecule has 2 saturated heterocycles. The van der Waals surface area contributed by atoms with E-state index in [2.05, 4.69) is 0 Å². The highest BCUT2D eigenvalue weighted by Gasteiger charge is 2.64. The fourth-order valence-corrected chi connectivity index (χ4v) is 4.09. The van der Waals surface area contributed by atoms with Crippen molar-refractivity contribution >= 4 is 23.9 Å². The van der Waals surface area contributed by atoms with E-state index in [1.807, 2.05) is 0 Å². The van der Waals surface area contributed by atoms with Crippen LogP contribution in [0.25, 0.3) is 0 Å². The first-order chi connectivity index (χ1) is 16.6. The molecule has 0 radical (unpaired) electrons. The Labute approximate surface area is 211 Å². The molecule has 0 aromatic rings. The zero-order chi connectivity index (χ0) is 27.9. The summed E-state index contributed by atoms with van der Waals surface area (Å²) in [6.07, 6.45) is -1.24. The van der Waals surface area contributed by atoms with Crippen LogP contribution in [0.4, 0.5) is 0 Å². The van der Waals surface area contributed by atoms with E-state index >= 15 is 0 Å². The van der Waals surface area contributed by atoms with Crippen LogP contribution < -0.4 is 0 Å². The van der Waals surface area contributed by atoms with E-state index in [-0.39, 0.29) is 26.4 Å². The second kappa shape index (κ2) is 12.3. The Morgan fingerprint density at radius 3 is 1.36 bits per heavy atom. The van der Waals surface area contributed by atoms with Gasteiger partial charge < -0.3 is 38.6 Å². The smallest absolute Gasteiger partial charge is 0.328 e. The first-order valence-electron chi connectivity index (χ1n) is 12.0. The first kappa shape index (κ1) is 31.7. The fraction of sp³-hybridized carbons (Fsp3) is 0.833. The summed E-state index contributed by atoms with van der Waals surface area (Å²) in [6, 6.07) is 0. The van der Waals surface area contributed by atoms with Crippen LogP contribution in [0.2, 0.25) is 0 Å². The molecule has 2 N–H and O–H groups in total. The van der Waals surface area contributed by atoms with Gasteiger partial charge in [-0.25, -0.2) is 0 Å². The summed E-state index contributed by atoms with van der Waals surface area (Å²) in [5.74, 6) is -5.95. The summed E-state index contributed by atoms with van der Waals surface area (Å²) in [7, 11) is 0. The minimum Gasteiger partial charge on any atom is -0.480 e. The molecule has 2 aliphatic rings. The van der Waals surface area contributed by atoms with Gasteiger partial charge in [-0.2, -0.15) is 0 Å². The number of ether oxygens (including phenoxy) is 6. The highest BCUT2D eigenvalue weighted by molar-refractivity contribution is 6.01. The Balaban J connectivity index is 0.000000360. The van der Waals surface area contributed by atoms with Crippen molar-refractivity contribution in [2.45, 2.75) is 92.0 Å². The molecule has 208 valence electrons. The predicted molar refractivity (Wildman–Crippen MR) is 124 cm³/mol. The Morgan fingerprint density at radius 1 is 0.722 bits per heavy atom. The lowest BCUT2D eigenvalue weighted by molar-refractivity contribution is -0.338. The molecule has 0 bridgehead atoms. The molecular formula is C24H40O12. The molecule has 0 saturated carbocycles. The number of rotatable bonds is 8. The van der Waals surface area contributed by atoms with Crippen molar-refractivity contribution in [3.63, 3.8) is 0 Å². The highest BCUT2D eigenvalue weighted by atomic mass is 16.7. The van der Waals surface area contributed by atoms with E-state index in [1.54, 1.807) is 55.4 Å². The number of carbonyl (C=O) groups is 4. The van der Waals surface area contributed by atoms with E-state index < -0.39 is 58.5 Å². The molecule has 0 amide bonds. The van der Waals surface area contributed by atoms with Gasteiger partial charge in [0.2, 0.25) is 10.8 Å². The van der Waals surface area contributed by atoms with Gasteiger partial charge in [0, 0.05) is 0 Å². The van der Waals surface area contributed by atoms with Crippen molar-refractivity contribution in [2.24, 2.45) is 10.8 Å². The van der Waals surface area contributed by atoms with Crippen molar-refractivity contribution in [1.29, 1.82) is 0 Å². The lowest BCUT2D eigenvalue weighted by Crippen LogP contribution is -2.65. The average molecular weight is 521 g/mol. The lowest BCUT2D eigenvalue weighted by Gasteiger charge is -2.49. The molecule has 2 unspecified atom stereocenters. The number of aliphatic carboxylic acids is 2. The molecule has 2 heterocycles. The minimum atomic E-state index is -2.04. The zero-order valence-corrected chi connectivity index (χ0v) is 22.4. The summed E-state index contributed by atoms with van der Waals surface area (Å²) in [5, 5.41) is 18.8. The van der Waals surface area contributed by atoms with Gasteiger partial charge in [0.25, 0.3) is 0 Å². The Morgan fingerprint density at radius 2 is 1.08 bits per heavy atom.